The molecule has 3 heteroatoms. The number of piperidine rings is 1. The van der Waals surface area contributed by atoms with Crippen molar-refractivity contribution < 1.29 is 0 Å². The molecule has 1 saturated carbocycles. The van der Waals surface area contributed by atoms with Crippen LogP contribution in [0.4, 0.5) is 0 Å². The van der Waals surface area contributed by atoms with Gasteiger partial charge in [-0.05, 0) is 59.3 Å². The van der Waals surface area contributed by atoms with Gasteiger partial charge in [0.25, 0.3) is 0 Å². The first kappa shape index (κ1) is 12.3. The van der Waals surface area contributed by atoms with E-state index in [0.717, 1.165) is 12.1 Å². The minimum absolute atomic E-state index is 0.463. The van der Waals surface area contributed by atoms with Gasteiger partial charge < -0.3 is 15.5 Å². The molecule has 16 heavy (non-hydrogen) atoms. The summed E-state index contributed by atoms with van der Waals surface area (Å²) < 4.78 is 0. The highest BCUT2D eigenvalue weighted by atomic mass is 15.2. The zero-order chi connectivity index (χ0) is 11.5. The average molecular weight is 225 g/mol. The van der Waals surface area contributed by atoms with E-state index in [0.29, 0.717) is 6.04 Å². The molecule has 0 amide bonds. The highest BCUT2D eigenvalue weighted by Gasteiger charge is 2.28. The quantitative estimate of drug-likeness (QED) is 0.768. The molecule has 0 bridgehead atoms. The third-order valence-electron chi connectivity index (χ3n) is 4.43. The van der Waals surface area contributed by atoms with Crippen molar-refractivity contribution in [1.29, 1.82) is 0 Å². The zero-order valence-electron chi connectivity index (χ0n) is 10.9. The third-order valence-corrected chi connectivity index (χ3v) is 4.43. The summed E-state index contributed by atoms with van der Waals surface area (Å²) in [6.07, 6.45) is 7.84. The van der Waals surface area contributed by atoms with E-state index < -0.39 is 0 Å². The summed E-state index contributed by atoms with van der Waals surface area (Å²) in [5.41, 5.74) is 6.07. The molecule has 1 saturated heterocycles. The van der Waals surface area contributed by atoms with Crippen LogP contribution in [0.3, 0.4) is 0 Å². The Labute approximate surface area is 100.0 Å². The van der Waals surface area contributed by atoms with Gasteiger partial charge in [-0.25, -0.2) is 0 Å². The van der Waals surface area contributed by atoms with Gasteiger partial charge in [-0.1, -0.05) is 6.42 Å². The Morgan fingerprint density at radius 3 is 2.31 bits per heavy atom. The van der Waals surface area contributed by atoms with Gasteiger partial charge in [0.2, 0.25) is 0 Å². The molecule has 94 valence electrons. The van der Waals surface area contributed by atoms with Crippen molar-refractivity contribution in [2.24, 2.45) is 5.73 Å². The molecule has 1 heterocycles. The van der Waals surface area contributed by atoms with Gasteiger partial charge >= 0.3 is 0 Å². The largest absolute Gasteiger partial charge is 0.328 e. The molecular formula is C13H27N3. The molecule has 0 aromatic heterocycles. The lowest BCUT2D eigenvalue weighted by Gasteiger charge is -2.42. The van der Waals surface area contributed by atoms with Crippen LogP contribution >= 0.6 is 0 Å². The van der Waals surface area contributed by atoms with Gasteiger partial charge in [-0.2, -0.15) is 0 Å². The number of nitrogens with two attached hydrogens (primary N) is 1. The van der Waals surface area contributed by atoms with Crippen LogP contribution in [0.25, 0.3) is 0 Å². The molecule has 2 fully saturated rings. The summed E-state index contributed by atoms with van der Waals surface area (Å²) in [6, 6.07) is 2.05. The summed E-state index contributed by atoms with van der Waals surface area (Å²) >= 11 is 0. The SMILES string of the molecule is CN(C)C1CCN(C2CCCC(N)C2)CC1. The minimum atomic E-state index is 0.463. The lowest BCUT2D eigenvalue weighted by molar-refractivity contribution is 0.0856. The van der Waals surface area contributed by atoms with Crippen LogP contribution in [-0.4, -0.2) is 55.1 Å². The molecule has 2 atom stereocenters. The van der Waals surface area contributed by atoms with E-state index in [4.69, 9.17) is 5.73 Å². The summed E-state index contributed by atoms with van der Waals surface area (Å²) in [7, 11) is 4.41. The monoisotopic (exact) mass is 225 g/mol. The number of hydrogen-bond acceptors (Lipinski definition) is 3. The molecule has 3 nitrogen and oxygen atoms in total. The second-order valence-electron chi connectivity index (χ2n) is 5.81. The lowest BCUT2D eigenvalue weighted by atomic mass is 9.89. The van der Waals surface area contributed by atoms with Crippen LogP contribution in [0.15, 0.2) is 0 Å². The summed E-state index contributed by atoms with van der Waals surface area (Å²) in [5, 5.41) is 0. The maximum absolute atomic E-state index is 6.07. The van der Waals surface area contributed by atoms with Crippen molar-refractivity contribution >= 4 is 0 Å². The highest BCUT2D eigenvalue weighted by molar-refractivity contribution is 4.86. The van der Waals surface area contributed by atoms with Crippen molar-refractivity contribution in [3.8, 4) is 0 Å². The van der Waals surface area contributed by atoms with E-state index in [1.54, 1.807) is 0 Å². The maximum Gasteiger partial charge on any atom is 0.0113 e. The standard InChI is InChI=1S/C13H27N3/c1-15(2)12-6-8-16(9-7-12)13-5-3-4-11(14)10-13/h11-13H,3-10,14H2,1-2H3. The Bertz CT molecular complexity index is 209. The van der Waals surface area contributed by atoms with Crippen LogP contribution in [0, 0.1) is 0 Å². The van der Waals surface area contributed by atoms with Gasteiger partial charge in [-0.3, -0.25) is 0 Å². The number of likely N-dealkylation sites (tertiary alicyclic amines) is 1. The van der Waals surface area contributed by atoms with Crippen LogP contribution in [0.2, 0.25) is 0 Å². The molecule has 1 aliphatic heterocycles. The second-order valence-corrected chi connectivity index (χ2v) is 5.81. The summed E-state index contributed by atoms with van der Waals surface area (Å²) in [5.74, 6) is 0. The van der Waals surface area contributed by atoms with Gasteiger partial charge in [-0.15, -0.1) is 0 Å². The number of hydrogen-bond donors (Lipinski definition) is 1. The van der Waals surface area contributed by atoms with Crippen molar-refractivity contribution in [3.63, 3.8) is 0 Å². The zero-order valence-corrected chi connectivity index (χ0v) is 10.9. The summed E-state index contributed by atoms with van der Waals surface area (Å²) in [4.78, 5) is 5.07. The van der Waals surface area contributed by atoms with Crippen LogP contribution in [-0.2, 0) is 0 Å². The molecule has 2 N–H and O–H groups in total. The first-order chi connectivity index (χ1) is 7.66. The highest BCUT2D eigenvalue weighted by Crippen LogP contribution is 2.25. The van der Waals surface area contributed by atoms with E-state index in [2.05, 4.69) is 23.9 Å². The molecule has 2 aliphatic rings. The first-order valence-electron chi connectivity index (χ1n) is 6.83. The fourth-order valence-corrected chi connectivity index (χ4v) is 3.30. The molecule has 0 radical (unpaired) electrons. The van der Waals surface area contributed by atoms with E-state index in [9.17, 15) is 0 Å². The predicted octanol–water partition coefficient (Wildman–Crippen LogP) is 1.28. The Kier molecular flexibility index (Phi) is 4.22. The summed E-state index contributed by atoms with van der Waals surface area (Å²) in [6.45, 7) is 2.56. The van der Waals surface area contributed by atoms with Gasteiger partial charge in [0.05, 0.1) is 0 Å². The topological polar surface area (TPSA) is 32.5 Å². The number of nitrogens with zero attached hydrogens (tertiary/aromatic N) is 2. The van der Waals surface area contributed by atoms with E-state index in [1.807, 2.05) is 0 Å². The Balaban J connectivity index is 1.79. The van der Waals surface area contributed by atoms with Crippen molar-refractivity contribution in [3.05, 3.63) is 0 Å². The molecule has 2 rings (SSSR count). The van der Waals surface area contributed by atoms with Crippen LogP contribution < -0.4 is 5.73 Å². The third kappa shape index (κ3) is 2.96. The second kappa shape index (κ2) is 5.48. The Hall–Kier alpha value is -0.120. The smallest absolute Gasteiger partial charge is 0.0113 e. The van der Waals surface area contributed by atoms with Gasteiger partial charge in [0.15, 0.2) is 0 Å². The van der Waals surface area contributed by atoms with Gasteiger partial charge in [0, 0.05) is 18.1 Å². The number of rotatable bonds is 2. The van der Waals surface area contributed by atoms with Gasteiger partial charge in [0.1, 0.15) is 0 Å². The molecular weight excluding hydrogens is 198 g/mol. The fourth-order valence-electron chi connectivity index (χ4n) is 3.30. The maximum atomic E-state index is 6.07. The minimum Gasteiger partial charge on any atom is -0.328 e. The normalized spacial score (nSPS) is 34.5. The molecule has 0 aromatic rings. The first-order valence-corrected chi connectivity index (χ1v) is 6.83. The fraction of sp³-hybridized carbons (Fsp3) is 1.00. The molecule has 0 spiro atoms. The van der Waals surface area contributed by atoms with Crippen molar-refractivity contribution in [1.82, 2.24) is 9.80 Å². The molecule has 0 aromatic carbocycles. The average Bonchev–Trinajstić information content (AvgIpc) is 2.29. The Morgan fingerprint density at radius 2 is 1.75 bits per heavy atom. The van der Waals surface area contributed by atoms with Crippen LogP contribution in [0.1, 0.15) is 38.5 Å². The predicted molar refractivity (Wildman–Crippen MR) is 68.5 cm³/mol. The molecule has 2 unspecified atom stereocenters. The van der Waals surface area contributed by atoms with Crippen molar-refractivity contribution in [2.45, 2.75) is 56.7 Å². The lowest BCUT2D eigenvalue weighted by Crippen LogP contribution is -2.49. The van der Waals surface area contributed by atoms with E-state index >= 15 is 0 Å². The van der Waals surface area contributed by atoms with E-state index in [-0.39, 0.29) is 0 Å². The molecule has 1 aliphatic carbocycles. The van der Waals surface area contributed by atoms with E-state index in [1.165, 1.54) is 51.6 Å². The van der Waals surface area contributed by atoms with Crippen molar-refractivity contribution in [2.75, 3.05) is 27.2 Å². The van der Waals surface area contributed by atoms with Crippen LogP contribution in [0.5, 0.6) is 0 Å². The Morgan fingerprint density at radius 1 is 1.06 bits per heavy atom.